The highest BCUT2D eigenvalue weighted by Gasteiger charge is 2.31. The van der Waals surface area contributed by atoms with Gasteiger partial charge in [-0.05, 0) is 19.3 Å². The van der Waals surface area contributed by atoms with Crippen molar-refractivity contribution in [2.45, 2.75) is 45.8 Å². The van der Waals surface area contributed by atoms with E-state index in [-0.39, 0.29) is 0 Å². The van der Waals surface area contributed by atoms with E-state index in [2.05, 4.69) is 28.7 Å². The van der Waals surface area contributed by atoms with Gasteiger partial charge >= 0.3 is 0 Å². The SMILES string of the molecule is CC[C@@H]1CN(S(C)(=O)=O)CC[C@H]1NCc1nccn1CC. The molecular formula is C14H26N4O2S. The number of imidazole rings is 1. The number of aryl methyl sites for hydroxylation is 1. The molecule has 120 valence electrons. The van der Waals surface area contributed by atoms with E-state index < -0.39 is 10.0 Å². The third kappa shape index (κ3) is 4.05. The Morgan fingerprint density at radius 2 is 2.19 bits per heavy atom. The van der Waals surface area contributed by atoms with Gasteiger partial charge in [0.15, 0.2) is 0 Å². The Morgan fingerprint density at radius 3 is 2.81 bits per heavy atom. The summed E-state index contributed by atoms with van der Waals surface area (Å²) in [5.41, 5.74) is 0. The Hall–Kier alpha value is -0.920. The fourth-order valence-corrected chi connectivity index (χ4v) is 3.90. The standard InChI is InChI=1S/C14H26N4O2S/c1-4-12-11-18(21(3,19)20)8-6-13(12)16-10-14-15-7-9-17(14)5-2/h7,9,12-13,16H,4-6,8,10-11H2,1-3H3/t12-,13-/m1/s1. The lowest BCUT2D eigenvalue weighted by Gasteiger charge is -2.37. The van der Waals surface area contributed by atoms with Crippen LogP contribution in [0.2, 0.25) is 0 Å². The smallest absolute Gasteiger partial charge is 0.211 e. The highest BCUT2D eigenvalue weighted by Crippen LogP contribution is 2.22. The van der Waals surface area contributed by atoms with Crippen molar-refractivity contribution in [1.29, 1.82) is 0 Å². The third-order valence-corrected chi connectivity index (χ3v) is 5.62. The third-order valence-electron chi connectivity index (χ3n) is 4.35. The summed E-state index contributed by atoms with van der Waals surface area (Å²) in [6.45, 7) is 7.11. The van der Waals surface area contributed by atoms with E-state index in [9.17, 15) is 8.42 Å². The van der Waals surface area contributed by atoms with E-state index in [4.69, 9.17) is 0 Å². The first-order valence-electron chi connectivity index (χ1n) is 7.64. The number of nitrogens with one attached hydrogen (secondary N) is 1. The maximum absolute atomic E-state index is 11.7. The Kier molecular flexibility index (Phi) is 5.40. The van der Waals surface area contributed by atoms with E-state index in [0.717, 1.165) is 31.8 Å². The molecule has 1 saturated heterocycles. The van der Waals surface area contributed by atoms with Crippen LogP contribution in [0.3, 0.4) is 0 Å². The lowest BCUT2D eigenvalue weighted by molar-refractivity contribution is 0.200. The maximum Gasteiger partial charge on any atom is 0.211 e. The lowest BCUT2D eigenvalue weighted by Crippen LogP contribution is -2.50. The van der Waals surface area contributed by atoms with Gasteiger partial charge in [0.2, 0.25) is 10.0 Å². The minimum Gasteiger partial charge on any atom is -0.334 e. The van der Waals surface area contributed by atoms with Crippen molar-refractivity contribution in [1.82, 2.24) is 19.2 Å². The van der Waals surface area contributed by atoms with Crippen LogP contribution < -0.4 is 5.32 Å². The van der Waals surface area contributed by atoms with E-state index in [1.807, 2.05) is 12.4 Å². The largest absolute Gasteiger partial charge is 0.334 e. The monoisotopic (exact) mass is 314 g/mol. The van der Waals surface area contributed by atoms with Gasteiger partial charge in [-0.25, -0.2) is 17.7 Å². The molecule has 21 heavy (non-hydrogen) atoms. The average molecular weight is 314 g/mol. The van der Waals surface area contributed by atoms with Crippen LogP contribution in [-0.4, -0.2) is 47.7 Å². The van der Waals surface area contributed by atoms with Gasteiger partial charge in [-0.1, -0.05) is 13.3 Å². The first-order chi connectivity index (χ1) is 9.95. The minimum absolute atomic E-state index is 0.356. The molecule has 6 nitrogen and oxygen atoms in total. The molecule has 1 aromatic rings. The summed E-state index contributed by atoms with van der Waals surface area (Å²) in [7, 11) is -3.07. The van der Waals surface area contributed by atoms with Crippen LogP contribution in [0.4, 0.5) is 0 Å². The molecule has 1 N–H and O–H groups in total. The molecule has 0 saturated carbocycles. The number of sulfonamides is 1. The van der Waals surface area contributed by atoms with Gasteiger partial charge in [0, 0.05) is 38.1 Å². The molecule has 7 heteroatoms. The second kappa shape index (κ2) is 6.89. The Morgan fingerprint density at radius 1 is 1.43 bits per heavy atom. The fraction of sp³-hybridized carbons (Fsp3) is 0.786. The summed E-state index contributed by atoms with van der Waals surface area (Å²) in [5.74, 6) is 1.40. The molecule has 0 unspecified atom stereocenters. The molecule has 2 heterocycles. The molecule has 0 amide bonds. The molecule has 1 aliphatic rings. The summed E-state index contributed by atoms with van der Waals surface area (Å²) < 4.78 is 27.1. The van der Waals surface area contributed by atoms with E-state index in [1.54, 1.807) is 4.31 Å². The van der Waals surface area contributed by atoms with Crippen LogP contribution in [0.25, 0.3) is 0 Å². The summed E-state index contributed by atoms with van der Waals surface area (Å²) in [4.78, 5) is 4.37. The normalized spacial score (nSPS) is 24.3. The number of piperidine rings is 1. The molecule has 1 aliphatic heterocycles. The van der Waals surface area contributed by atoms with Gasteiger partial charge in [-0.15, -0.1) is 0 Å². The Labute approximate surface area is 127 Å². The molecular weight excluding hydrogens is 288 g/mol. The van der Waals surface area contributed by atoms with Crippen molar-refractivity contribution < 1.29 is 8.42 Å². The van der Waals surface area contributed by atoms with Crippen molar-refractivity contribution in [3.8, 4) is 0 Å². The number of rotatable bonds is 6. The molecule has 2 atom stereocenters. The van der Waals surface area contributed by atoms with Crippen molar-refractivity contribution in [3.63, 3.8) is 0 Å². The molecule has 1 aromatic heterocycles. The fourth-order valence-electron chi connectivity index (χ4n) is 3.00. The van der Waals surface area contributed by atoms with Crippen molar-refractivity contribution >= 4 is 10.0 Å². The average Bonchev–Trinajstić information content (AvgIpc) is 2.91. The molecule has 0 aromatic carbocycles. The molecule has 0 radical (unpaired) electrons. The molecule has 0 spiro atoms. The number of aromatic nitrogens is 2. The maximum atomic E-state index is 11.7. The van der Waals surface area contributed by atoms with Gasteiger partial charge in [-0.3, -0.25) is 0 Å². The van der Waals surface area contributed by atoms with Crippen LogP contribution in [0.5, 0.6) is 0 Å². The van der Waals surface area contributed by atoms with E-state index >= 15 is 0 Å². The first-order valence-corrected chi connectivity index (χ1v) is 9.49. The predicted octanol–water partition coefficient (Wildman–Crippen LogP) is 1.05. The minimum atomic E-state index is -3.07. The van der Waals surface area contributed by atoms with Crippen LogP contribution in [-0.2, 0) is 23.1 Å². The second-order valence-electron chi connectivity index (χ2n) is 5.69. The van der Waals surface area contributed by atoms with Crippen molar-refractivity contribution in [3.05, 3.63) is 18.2 Å². The topological polar surface area (TPSA) is 67.2 Å². The van der Waals surface area contributed by atoms with Crippen LogP contribution in [0.1, 0.15) is 32.5 Å². The molecule has 0 aliphatic carbocycles. The Balaban J connectivity index is 1.95. The molecule has 1 fully saturated rings. The van der Waals surface area contributed by atoms with Crippen LogP contribution in [0, 0.1) is 5.92 Å². The zero-order chi connectivity index (χ0) is 15.5. The molecule has 0 bridgehead atoms. The first kappa shape index (κ1) is 16.5. The summed E-state index contributed by atoms with van der Waals surface area (Å²) in [6.07, 6.45) is 6.94. The van der Waals surface area contributed by atoms with Gasteiger partial charge < -0.3 is 9.88 Å². The highest BCUT2D eigenvalue weighted by atomic mass is 32.2. The van der Waals surface area contributed by atoms with Crippen molar-refractivity contribution in [2.24, 2.45) is 5.92 Å². The highest BCUT2D eigenvalue weighted by molar-refractivity contribution is 7.88. The summed E-state index contributed by atoms with van der Waals surface area (Å²) >= 11 is 0. The van der Waals surface area contributed by atoms with Gasteiger partial charge in [0.25, 0.3) is 0 Å². The summed E-state index contributed by atoms with van der Waals surface area (Å²) in [5, 5.41) is 3.57. The van der Waals surface area contributed by atoms with E-state index in [1.165, 1.54) is 6.26 Å². The zero-order valence-corrected chi connectivity index (χ0v) is 13.9. The predicted molar refractivity (Wildman–Crippen MR) is 83.3 cm³/mol. The van der Waals surface area contributed by atoms with Crippen LogP contribution >= 0.6 is 0 Å². The Bertz CT molecular complexity index is 555. The van der Waals surface area contributed by atoms with Crippen molar-refractivity contribution in [2.75, 3.05) is 19.3 Å². The number of hydrogen-bond acceptors (Lipinski definition) is 4. The van der Waals surface area contributed by atoms with Crippen LogP contribution in [0.15, 0.2) is 12.4 Å². The lowest BCUT2D eigenvalue weighted by atomic mass is 9.91. The van der Waals surface area contributed by atoms with Gasteiger partial charge in [-0.2, -0.15) is 0 Å². The second-order valence-corrected chi connectivity index (χ2v) is 7.68. The molecule has 2 rings (SSSR count). The van der Waals surface area contributed by atoms with E-state index in [0.29, 0.717) is 25.0 Å². The van der Waals surface area contributed by atoms with Gasteiger partial charge in [0.05, 0.1) is 12.8 Å². The summed E-state index contributed by atoms with van der Waals surface area (Å²) in [6, 6.07) is 0.356. The van der Waals surface area contributed by atoms with Gasteiger partial charge in [0.1, 0.15) is 5.82 Å². The quantitative estimate of drug-likeness (QED) is 0.852. The number of nitrogens with zero attached hydrogens (tertiary/aromatic N) is 3. The number of hydrogen-bond donors (Lipinski definition) is 1. The zero-order valence-electron chi connectivity index (χ0n) is 13.1.